The molecule has 0 radical (unpaired) electrons. The molecule has 0 spiro atoms. The van der Waals surface area contributed by atoms with E-state index in [1.807, 2.05) is 6.92 Å². The summed E-state index contributed by atoms with van der Waals surface area (Å²) >= 11 is 12.2. The van der Waals surface area contributed by atoms with E-state index in [2.05, 4.69) is 10.3 Å². The highest BCUT2D eigenvalue weighted by Crippen LogP contribution is 2.25. The highest BCUT2D eigenvalue weighted by Gasteiger charge is 2.13. The lowest BCUT2D eigenvalue weighted by atomic mass is 10.2. The van der Waals surface area contributed by atoms with Gasteiger partial charge in [0, 0.05) is 10.6 Å². The van der Waals surface area contributed by atoms with Gasteiger partial charge in [-0.3, -0.25) is 4.79 Å². The zero-order valence-corrected chi connectivity index (χ0v) is 12.3. The molecule has 1 aromatic heterocycles. The first-order chi connectivity index (χ1) is 8.97. The van der Waals surface area contributed by atoms with E-state index in [4.69, 9.17) is 23.8 Å². The van der Waals surface area contributed by atoms with E-state index in [1.54, 1.807) is 0 Å². The van der Waals surface area contributed by atoms with Crippen LogP contribution in [0.1, 0.15) is 10.6 Å². The van der Waals surface area contributed by atoms with Crippen molar-refractivity contribution in [2.45, 2.75) is 13.3 Å². The Labute approximate surface area is 123 Å². The second-order valence-electron chi connectivity index (χ2n) is 3.88. The van der Waals surface area contributed by atoms with Crippen molar-refractivity contribution in [2.24, 2.45) is 0 Å². The van der Waals surface area contributed by atoms with Crippen molar-refractivity contribution in [1.29, 1.82) is 0 Å². The van der Waals surface area contributed by atoms with E-state index in [-0.39, 0.29) is 23.0 Å². The number of H-pyrrole nitrogens is 1. The normalized spacial score (nSPS) is 10.5. The molecule has 0 fully saturated rings. The number of carbonyl (C=O) groups is 1. The maximum Gasteiger partial charge on any atom is 0.229 e. The molecule has 1 aromatic carbocycles. The van der Waals surface area contributed by atoms with Crippen LogP contribution in [-0.2, 0) is 11.2 Å². The Morgan fingerprint density at radius 3 is 2.89 bits per heavy atom. The average Bonchev–Trinajstić information content (AvgIpc) is 2.63. The Morgan fingerprint density at radius 2 is 2.32 bits per heavy atom. The van der Waals surface area contributed by atoms with Gasteiger partial charge in [0.2, 0.25) is 5.91 Å². The standard InChI is InChI=1S/C12H10ClFN2OS2/c1-6-9(19-12(18)15-6)5-10(17)16-11-7(13)3-2-4-8(11)14/h2-4H,5H2,1H3,(H,15,18)(H,16,17). The molecule has 0 saturated heterocycles. The van der Waals surface area contributed by atoms with Gasteiger partial charge in [-0.05, 0) is 31.3 Å². The van der Waals surface area contributed by atoms with Crippen molar-refractivity contribution >= 4 is 46.8 Å². The summed E-state index contributed by atoms with van der Waals surface area (Å²) in [6.07, 6.45) is 0.133. The second kappa shape index (κ2) is 5.81. The van der Waals surface area contributed by atoms with Crippen LogP contribution in [0.25, 0.3) is 0 Å². The summed E-state index contributed by atoms with van der Waals surface area (Å²) in [5, 5.41) is 2.65. The monoisotopic (exact) mass is 316 g/mol. The highest BCUT2D eigenvalue weighted by molar-refractivity contribution is 7.73. The van der Waals surface area contributed by atoms with Gasteiger partial charge in [-0.15, -0.1) is 11.3 Å². The van der Waals surface area contributed by atoms with Gasteiger partial charge < -0.3 is 10.3 Å². The second-order valence-corrected chi connectivity index (χ2v) is 6.06. The lowest BCUT2D eigenvalue weighted by molar-refractivity contribution is -0.115. The maximum atomic E-state index is 13.5. The molecule has 0 aliphatic rings. The van der Waals surface area contributed by atoms with Crippen molar-refractivity contribution in [2.75, 3.05) is 5.32 Å². The van der Waals surface area contributed by atoms with E-state index >= 15 is 0 Å². The maximum absolute atomic E-state index is 13.5. The Balaban J connectivity index is 2.14. The van der Waals surface area contributed by atoms with Crippen LogP contribution in [0.5, 0.6) is 0 Å². The Bertz CT molecular complexity index is 660. The van der Waals surface area contributed by atoms with Crippen molar-refractivity contribution < 1.29 is 9.18 Å². The minimum absolute atomic E-state index is 0.00551. The number of hydrogen-bond acceptors (Lipinski definition) is 3. The number of para-hydroxylation sites is 1. The molecule has 0 atom stereocenters. The molecule has 0 saturated carbocycles. The number of aromatic nitrogens is 1. The molecule has 1 heterocycles. The largest absolute Gasteiger partial charge is 0.341 e. The molecule has 1 amide bonds. The molecule has 0 unspecified atom stereocenters. The van der Waals surface area contributed by atoms with Gasteiger partial charge in [0.15, 0.2) is 3.95 Å². The molecule has 7 heteroatoms. The van der Waals surface area contributed by atoms with Crippen LogP contribution < -0.4 is 5.32 Å². The first-order valence-electron chi connectivity index (χ1n) is 5.40. The molecular formula is C12H10ClFN2OS2. The third-order valence-electron chi connectivity index (χ3n) is 2.47. The van der Waals surface area contributed by atoms with Gasteiger partial charge in [0.25, 0.3) is 0 Å². The highest BCUT2D eigenvalue weighted by atomic mass is 35.5. The van der Waals surface area contributed by atoms with Crippen LogP contribution in [0.2, 0.25) is 5.02 Å². The number of hydrogen-bond donors (Lipinski definition) is 2. The number of anilines is 1. The predicted octanol–water partition coefficient (Wildman–Crippen LogP) is 4.09. The van der Waals surface area contributed by atoms with Crippen molar-refractivity contribution in [3.05, 3.63) is 43.6 Å². The lowest BCUT2D eigenvalue weighted by Crippen LogP contribution is -2.15. The molecule has 100 valence electrons. The van der Waals surface area contributed by atoms with Gasteiger partial charge >= 0.3 is 0 Å². The molecule has 0 aliphatic carbocycles. The van der Waals surface area contributed by atoms with Gasteiger partial charge in [0.1, 0.15) is 5.82 Å². The number of thiazole rings is 1. The minimum Gasteiger partial charge on any atom is -0.341 e. The fraction of sp³-hybridized carbons (Fsp3) is 0.167. The van der Waals surface area contributed by atoms with Crippen molar-refractivity contribution in [3.8, 4) is 0 Å². The zero-order chi connectivity index (χ0) is 14.0. The molecule has 2 N–H and O–H groups in total. The number of benzene rings is 1. The molecular weight excluding hydrogens is 307 g/mol. The molecule has 19 heavy (non-hydrogen) atoms. The van der Waals surface area contributed by atoms with Gasteiger partial charge in [-0.1, -0.05) is 17.7 Å². The fourth-order valence-corrected chi connectivity index (χ4v) is 3.05. The molecule has 0 aliphatic heterocycles. The first-order valence-corrected chi connectivity index (χ1v) is 7.00. The number of nitrogens with one attached hydrogen (secondary N) is 2. The van der Waals surface area contributed by atoms with E-state index in [0.29, 0.717) is 3.95 Å². The van der Waals surface area contributed by atoms with Crippen LogP contribution in [0.4, 0.5) is 10.1 Å². The number of aromatic amines is 1. The molecule has 2 aromatic rings. The van der Waals surface area contributed by atoms with Crippen molar-refractivity contribution in [3.63, 3.8) is 0 Å². The number of halogens is 2. The number of aryl methyl sites for hydroxylation is 1. The van der Waals surface area contributed by atoms with E-state index in [0.717, 1.165) is 10.6 Å². The smallest absolute Gasteiger partial charge is 0.229 e. The predicted molar refractivity (Wildman–Crippen MR) is 78.0 cm³/mol. The fourth-order valence-electron chi connectivity index (χ4n) is 1.55. The third kappa shape index (κ3) is 3.40. The summed E-state index contributed by atoms with van der Waals surface area (Å²) in [6.45, 7) is 1.84. The summed E-state index contributed by atoms with van der Waals surface area (Å²) in [6, 6.07) is 4.24. The van der Waals surface area contributed by atoms with Crippen LogP contribution in [0.3, 0.4) is 0 Å². The summed E-state index contributed by atoms with van der Waals surface area (Å²) in [4.78, 5) is 15.7. The SMILES string of the molecule is Cc1[nH]c(=S)sc1CC(=O)Nc1c(F)cccc1Cl. The summed E-state index contributed by atoms with van der Waals surface area (Å²) < 4.78 is 14.1. The van der Waals surface area contributed by atoms with Gasteiger partial charge in [-0.25, -0.2) is 4.39 Å². The van der Waals surface area contributed by atoms with Gasteiger partial charge in [-0.2, -0.15) is 0 Å². The van der Waals surface area contributed by atoms with E-state index in [9.17, 15) is 9.18 Å². The van der Waals surface area contributed by atoms with E-state index < -0.39 is 5.82 Å². The first kappa shape index (κ1) is 14.2. The molecule has 3 nitrogen and oxygen atoms in total. The number of carbonyl (C=O) groups excluding carboxylic acids is 1. The van der Waals surface area contributed by atoms with E-state index in [1.165, 1.54) is 29.5 Å². The minimum atomic E-state index is -0.556. The van der Waals surface area contributed by atoms with Crippen LogP contribution >= 0.6 is 35.2 Å². The third-order valence-corrected chi connectivity index (χ3v) is 4.12. The summed E-state index contributed by atoms with van der Waals surface area (Å²) in [5.74, 6) is -0.889. The van der Waals surface area contributed by atoms with Crippen molar-refractivity contribution in [1.82, 2.24) is 4.98 Å². The zero-order valence-electron chi connectivity index (χ0n) is 9.92. The summed E-state index contributed by atoms with van der Waals surface area (Å²) in [7, 11) is 0. The molecule has 2 rings (SSSR count). The quantitative estimate of drug-likeness (QED) is 0.838. The van der Waals surface area contributed by atoms with Crippen LogP contribution in [-0.4, -0.2) is 10.9 Å². The Kier molecular flexibility index (Phi) is 4.34. The van der Waals surface area contributed by atoms with Crippen LogP contribution in [0, 0.1) is 16.7 Å². The molecule has 0 bridgehead atoms. The number of rotatable bonds is 3. The topological polar surface area (TPSA) is 44.9 Å². The van der Waals surface area contributed by atoms with Gasteiger partial charge in [0.05, 0.1) is 17.1 Å². The summed E-state index contributed by atoms with van der Waals surface area (Å²) in [5.41, 5.74) is 0.857. The Morgan fingerprint density at radius 1 is 1.58 bits per heavy atom. The Hall–Kier alpha value is -1.24. The van der Waals surface area contributed by atoms with Crippen LogP contribution in [0.15, 0.2) is 18.2 Å². The lowest BCUT2D eigenvalue weighted by Gasteiger charge is -2.07. The average molecular weight is 317 g/mol. The number of amides is 1.